The number of allylic oxidation sites excluding steroid dienone is 17. The van der Waals surface area contributed by atoms with Gasteiger partial charge in [-0.05, 0) is 66.9 Å². The fourth-order valence-electron chi connectivity index (χ4n) is 4.21. The van der Waals surface area contributed by atoms with Gasteiger partial charge in [-0.25, -0.2) is 0 Å². The molecule has 0 aliphatic heterocycles. The van der Waals surface area contributed by atoms with Crippen LogP contribution in [0, 0.1) is 11.5 Å². The first-order chi connectivity index (χ1) is 20.1. The van der Waals surface area contributed by atoms with Crippen molar-refractivity contribution in [2.24, 2.45) is 0 Å². The normalized spacial score (nSPS) is 14.5. The third-order valence-corrected chi connectivity index (χ3v) is 7.36. The molecule has 0 N–H and O–H groups in total. The van der Waals surface area contributed by atoms with Crippen molar-refractivity contribution in [2.45, 2.75) is 47.3 Å². The summed E-state index contributed by atoms with van der Waals surface area (Å²) in [6, 6.07) is 19.5. The molecule has 212 valence electrons. The summed E-state index contributed by atoms with van der Waals surface area (Å²) in [5.74, 6) is 3.17. The Morgan fingerprint density at radius 3 is 1.55 bits per heavy atom. The number of hydrogen-bond acceptors (Lipinski definition) is 0. The van der Waals surface area contributed by atoms with E-state index in [0.29, 0.717) is 0 Å². The maximum absolute atomic E-state index is 3.35. The molecule has 0 nitrogen and oxygen atoms in total. The molecule has 0 aromatic heterocycles. The molecule has 0 unspecified atom stereocenters. The second-order valence-electron chi connectivity index (χ2n) is 11.7. The van der Waals surface area contributed by atoms with Gasteiger partial charge in [0.25, 0.3) is 0 Å². The van der Waals surface area contributed by atoms with Gasteiger partial charge in [0.2, 0.25) is 0 Å². The van der Waals surface area contributed by atoms with Gasteiger partial charge in [0, 0.05) is 0 Å². The molecular formula is C41H44Si. The zero-order valence-electron chi connectivity index (χ0n) is 26.3. The molecule has 3 rings (SSSR count). The van der Waals surface area contributed by atoms with Gasteiger partial charge in [-0.2, -0.15) is 0 Å². The van der Waals surface area contributed by atoms with Crippen molar-refractivity contribution < 1.29 is 0 Å². The van der Waals surface area contributed by atoms with Crippen LogP contribution in [0.25, 0.3) is 27.6 Å². The Kier molecular flexibility index (Phi) is 12.4. The lowest BCUT2D eigenvalue weighted by molar-refractivity contribution is 1.49. The Labute approximate surface area is 255 Å². The average molecular weight is 565 g/mol. The molecule has 0 aliphatic rings. The molecule has 0 atom stereocenters. The highest BCUT2D eigenvalue weighted by atomic mass is 28.3. The van der Waals surface area contributed by atoms with Crippen molar-refractivity contribution in [2.75, 3.05) is 0 Å². The molecule has 0 radical (unpaired) electrons. The highest BCUT2D eigenvalue weighted by Crippen LogP contribution is 2.29. The van der Waals surface area contributed by atoms with Crippen LogP contribution in [0.5, 0.6) is 0 Å². The molecule has 0 spiro atoms. The zero-order valence-corrected chi connectivity index (χ0v) is 27.3. The van der Waals surface area contributed by atoms with E-state index in [0.717, 1.165) is 0 Å². The lowest BCUT2D eigenvalue weighted by Crippen LogP contribution is -2.16. The Morgan fingerprint density at radius 2 is 1.02 bits per heavy atom. The van der Waals surface area contributed by atoms with Crippen molar-refractivity contribution in [1.82, 2.24) is 0 Å². The quantitative estimate of drug-likeness (QED) is 0.105. The van der Waals surface area contributed by atoms with Gasteiger partial charge in [0.1, 0.15) is 8.07 Å². The van der Waals surface area contributed by atoms with E-state index in [-0.39, 0.29) is 0 Å². The number of benzene rings is 3. The van der Waals surface area contributed by atoms with E-state index in [9.17, 15) is 0 Å². The summed E-state index contributed by atoms with van der Waals surface area (Å²) in [6.45, 7) is 15.2. The monoisotopic (exact) mass is 564 g/mol. The molecule has 0 amide bonds. The first kappa shape index (κ1) is 32.1. The lowest BCUT2D eigenvalue weighted by atomic mass is 9.96. The van der Waals surface area contributed by atoms with E-state index in [4.69, 9.17) is 0 Å². The first-order valence-corrected chi connectivity index (χ1v) is 18.1. The Balaban J connectivity index is 1.58. The van der Waals surface area contributed by atoms with Crippen LogP contribution in [0.2, 0.25) is 19.6 Å². The van der Waals surface area contributed by atoms with Crippen molar-refractivity contribution in [3.8, 4) is 11.5 Å². The SMILES string of the molecule is CC(/C=C/C#C[Si](C)(C)C)=C\C=C\C(C)=C\C=C\C=C(C)\C=C\C=C(C)\C=C\c1c2ccccc2cc2ccccc12. The van der Waals surface area contributed by atoms with Crippen molar-refractivity contribution in [3.63, 3.8) is 0 Å². The topological polar surface area (TPSA) is 0 Å². The number of rotatable bonds is 9. The number of hydrogen-bond donors (Lipinski definition) is 0. The third kappa shape index (κ3) is 11.2. The van der Waals surface area contributed by atoms with Crippen LogP contribution in [-0.4, -0.2) is 8.07 Å². The van der Waals surface area contributed by atoms with Gasteiger partial charge in [0.05, 0.1) is 0 Å². The van der Waals surface area contributed by atoms with Gasteiger partial charge in [-0.1, -0.05) is 175 Å². The lowest BCUT2D eigenvalue weighted by Gasteiger charge is -2.08. The summed E-state index contributed by atoms with van der Waals surface area (Å²) < 4.78 is 0. The van der Waals surface area contributed by atoms with Crippen molar-refractivity contribution in [3.05, 3.63) is 161 Å². The van der Waals surface area contributed by atoms with E-state index < -0.39 is 8.07 Å². The number of fused-ring (bicyclic) bond motifs is 2. The van der Waals surface area contributed by atoms with E-state index >= 15 is 0 Å². The highest BCUT2D eigenvalue weighted by molar-refractivity contribution is 6.83. The fraction of sp³-hybridized carbons (Fsp3) is 0.171. The molecule has 3 aromatic rings. The van der Waals surface area contributed by atoms with Crippen molar-refractivity contribution in [1.29, 1.82) is 0 Å². The summed E-state index contributed by atoms with van der Waals surface area (Å²) in [4.78, 5) is 0. The average Bonchev–Trinajstić information content (AvgIpc) is 2.95. The van der Waals surface area contributed by atoms with Crippen LogP contribution >= 0.6 is 0 Å². The second-order valence-corrected chi connectivity index (χ2v) is 16.4. The van der Waals surface area contributed by atoms with Gasteiger partial charge in [0.15, 0.2) is 0 Å². The van der Waals surface area contributed by atoms with Gasteiger partial charge in [-0.3, -0.25) is 0 Å². The molecule has 42 heavy (non-hydrogen) atoms. The van der Waals surface area contributed by atoms with Crippen LogP contribution in [0.3, 0.4) is 0 Å². The van der Waals surface area contributed by atoms with E-state index in [1.54, 1.807) is 0 Å². The molecule has 3 aromatic carbocycles. The standard InChI is InChI=1S/C41H44Si/c1-33(21-16-22-35(3)20-14-15-31-42(5,6)7)18-8-9-19-34(2)23-17-24-36(4)29-30-41-39-27-12-10-25-37(39)32-38-26-11-13-28-40(38)41/h8-14,16-30,32H,1-7H3/b9-8+,20-14+,21-16+,23-17+,30-29+,33-18+,34-19+,35-22+,36-24+. The smallest absolute Gasteiger partial charge is 0.127 e. The minimum atomic E-state index is -1.31. The summed E-state index contributed by atoms with van der Waals surface area (Å²) >= 11 is 0. The van der Waals surface area contributed by atoms with E-state index in [2.05, 4.69) is 192 Å². The predicted octanol–water partition coefficient (Wildman–Crippen LogP) is 11.9. The summed E-state index contributed by atoms with van der Waals surface area (Å²) in [6.07, 6.45) is 29.6. The van der Waals surface area contributed by atoms with E-state index in [1.807, 2.05) is 6.08 Å². The molecule has 0 bridgehead atoms. The summed E-state index contributed by atoms with van der Waals surface area (Å²) in [7, 11) is -1.31. The molecular weight excluding hydrogens is 521 g/mol. The molecule has 0 fully saturated rings. The minimum absolute atomic E-state index is 1.19. The molecule has 0 saturated carbocycles. The maximum Gasteiger partial charge on any atom is 0.129 e. The molecule has 0 heterocycles. The Bertz CT molecular complexity index is 1670. The van der Waals surface area contributed by atoms with Crippen LogP contribution in [0.1, 0.15) is 33.3 Å². The Hall–Kier alpha value is -4.38. The molecule has 1 heteroatoms. The van der Waals surface area contributed by atoms with Crippen LogP contribution in [0.15, 0.2) is 156 Å². The maximum atomic E-state index is 3.35. The van der Waals surface area contributed by atoms with Gasteiger partial charge < -0.3 is 0 Å². The van der Waals surface area contributed by atoms with Crippen LogP contribution < -0.4 is 0 Å². The minimum Gasteiger partial charge on any atom is -0.127 e. The first-order valence-electron chi connectivity index (χ1n) is 14.6. The predicted molar refractivity (Wildman–Crippen MR) is 193 cm³/mol. The highest BCUT2D eigenvalue weighted by Gasteiger charge is 2.06. The molecule has 0 saturated heterocycles. The largest absolute Gasteiger partial charge is 0.129 e. The molecule has 0 aliphatic carbocycles. The van der Waals surface area contributed by atoms with Crippen LogP contribution in [0.4, 0.5) is 0 Å². The van der Waals surface area contributed by atoms with Gasteiger partial charge in [-0.15, -0.1) is 5.54 Å². The van der Waals surface area contributed by atoms with Gasteiger partial charge >= 0.3 is 0 Å². The summed E-state index contributed by atoms with van der Waals surface area (Å²) in [5.41, 5.74) is 9.41. The zero-order chi connectivity index (χ0) is 30.4. The van der Waals surface area contributed by atoms with Crippen molar-refractivity contribution >= 4 is 35.7 Å². The summed E-state index contributed by atoms with van der Waals surface area (Å²) in [5, 5.41) is 5.10. The Morgan fingerprint density at radius 1 is 0.571 bits per heavy atom. The third-order valence-electron chi connectivity index (χ3n) is 6.47. The van der Waals surface area contributed by atoms with E-state index in [1.165, 1.54) is 49.4 Å². The van der Waals surface area contributed by atoms with Crippen LogP contribution in [-0.2, 0) is 0 Å². The fourth-order valence-corrected chi connectivity index (χ4v) is 4.73. The second kappa shape index (κ2) is 16.2.